The van der Waals surface area contributed by atoms with Gasteiger partial charge in [-0.3, -0.25) is 4.79 Å². The standard InChI is InChI=1S/C14H19BrClNO/c1-10(2)17(9-5-8-16)14(18)12-6-4-7-13(15)11(12)3/h4,6-7,10H,5,8-9H2,1-3H3. The number of carbonyl (C=O) groups excluding carboxylic acids is 1. The lowest BCUT2D eigenvalue weighted by Gasteiger charge is -2.27. The van der Waals surface area contributed by atoms with Gasteiger partial charge in [0.2, 0.25) is 0 Å². The summed E-state index contributed by atoms with van der Waals surface area (Å²) in [5.74, 6) is 0.655. The molecule has 4 heteroatoms. The Hall–Kier alpha value is -0.540. The lowest BCUT2D eigenvalue weighted by atomic mass is 10.1. The highest BCUT2D eigenvalue weighted by Gasteiger charge is 2.20. The Labute approximate surface area is 122 Å². The zero-order valence-electron chi connectivity index (χ0n) is 11.0. The molecule has 100 valence electrons. The maximum atomic E-state index is 12.5. The van der Waals surface area contributed by atoms with E-state index in [0.717, 1.165) is 22.0 Å². The predicted octanol–water partition coefficient (Wildman–Crippen LogP) is 4.24. The third-order valence-corrected chi connectivity index (χ3v) is 4.04. The Bertz CT molecular complexity index is 420. The van der Waals surface area contributed by atoms with E-state index in [9.17, 15) is 4.79 Å². The van der Waals surface area contributed by atoms with Gasteiger partial charge in [0.25, 0.3) is 5.91 Å². The van der Waals surface area contributed by atoms with Gasteiger partial charge in [-0.15, -0.1) is 11.6 Å². The summed E-state index contributed by atoms with van der Waals surface area (Å²) in [7, 11) is 0. The van der Waals surface area contributed by atoms with E-state index in [1.807, 2.05) is 43.9 Å². The van der Waals surface area contributed by atoms with Crippen molar-refractivity contribution in [2.24, 2.45) is 0 Å². The van der Waals surface area contributed by atoms with Crippen molar-refractivity contribution in [3.05, 3.63) is 33.8 Å². The highest BCUT2D eigenvalue weighted by molar-refractivity contribution is 9.10. The zero-order chi connectivity index (χ0) is 13.7. The summed E-state index contributed by atoms with van der Waals surface area (Å²) in [5.41, 5.74) is 1.74. The maximum Gasteiger partial charge on any atom is 0.254 e. The van der Waals surface area contributed by atoms with Crippen LogP contribution in [0.4, 0.5) is 0 Å². The highest BCUT2D eigenvalue weighted by atomic mass is 79.9. The molecule has 18 heavy (non-hydrogen) atoms. The second-order valence-corrected chi connectivity index (χ2v) is 5.78. The molecule has 1 amide bonds. The van der Waals surface area contributed by atoms with E-state index in [2.05, 4.69) is 15.9 Å². The van der Waals surface area contributed by atoms with Crippen LogP contribution in [0, 0.1) is 6.92 Å². The molecular weight excluding hydrogens is 314 g/mol. The van der Waals surface area contributed by atoms with Gasteiger partial charge in [-0.1, -0.05) is 22.0 Å². The number of carbonyl (C=O) groups is 1. The van der Waals surface area contributed by atoms with Crippen LogP contribution in [-0.4, -0.2) is 29.3 Å². The lowest BCUT2D eigenvalue weighted by Crippen LogP contribution is -2.38. The van der Waals surface area contributed by atoms with Crippen LogP contribution in [0.15, 0.2) is 22.7 Å². The Balaban J connectivity index is 2.98. The molecule has 0 saturated carbocycles. The molecule has 2 nitrogen and oxygen atoms in total. The molecular formula is C14H19BrClNO. The molecule has 0 spiro atoms. The van der Waals surface area contributed by atoms with E-state index in [4.69, 9.17) is 11.6 Å². The van der Waals surface area contributed by atoms with E-state index in [1.54, 1.807) is 0 Å². The van der Waals surface area contributed by atoms with Crippen molar-refractivity contribution in [1.82, 2.24) is 4.90 Å². The second kappa shape index (κ2) is 7.15. The third kappa shape index (κ3) is 3.72. The first-order valence-corrected chi connectivity index (χ1v) is 7.43. The minimum atomic E-state index is 0.0777. The average Bonchev–Trinajstić information content (AvgIpc) is 2.32. The van der Waals surface area contributed by atoms with Crippen LogP contribution >= 0.6 is 27.5 Å². The maximum absolute atomic E-state index is 12.5. The first kappa shape index (κ1) is 15.5. The molecule has 0 N–H and O–H groups in total. The number of hydrogen-bond acceptors (Lipinski definition) is 1. The van der Waals surface area contributed by atoms with Crippen molar-refractivity contribution < 1.29 is 4.79 Å². The molecule has 0 fully saturated rings. The summed E-state index contributed by atoms with van der Waals surface area (Å²) >= 11 is 9.17. The van der Waals surface area contributed by atoms with Crippen molar-refractivity contribution in [1.29, 1.82) is 0 Å². The first-order valence-electron chi connectivity index (χ1n) is 6.11. The molecule has 0 bridgehead atoms. The van der Waals surface area contributed by atoms with Gasteiger partial charge in [-0.05, 0) is 44.9 Å². The van der Waals surface area contributed by atoms with Crippen LogP contribution in [0.2, 0.25) is 0 Å². The molecule has 0 radical (unpaired) electrons. The van der Waals surface area contributed by atoms with Crippen LogP contribution in [-0.2, 0) is 0 Å². The molecule has 0 aliphatic heterocycles. The molecule has 1 rings (SSSR count). The molecule has 0 aromatic heterocycles. The Morgan fingerprint density at radius 2 is 2.11 bits per heavy atom. The molecule has 0 saturated heterocycles. The zero-order valence-corrected chi connectivity index (χ0v) is 13.4. The molecule has 1 aromatic carbocycles. The summed E-state index contributed by atoms with van der Waals surface area (Å²) < 4.78 is 0.967. The van der Waals surface area contributed by atoms with E-state index >= 15 is 0 Å². The van der Waals surface area contributed by atoms with Gasteiger partial charge in [0.05, 0.1) is 0 Å². The summed E-state index contributed by atoms with van der Waals surface area (Å²) in [6.07, 6.45) is 0.818. The fourth-order valence-corrected chi connectivity index (χ4v) is 2.30. The number of rotatable bonds is 5. The van der Waals surface area contributed by atoms with Crippen LogP contribution in [0.1, 0.15) is 36.2 Å². The Morgan fingerprint density at radius 3 is 2.67 bits per heavy atom. The molecule has 0 aliphatic rings. The third-order valence-electron chi connectivity index (χ3n) is 2.91. The Kier molecular flexibility index (Phi) is 6.16. The van der Waals surface area contributed by atoms with Crippen molar-refractivity contribution in [2.45, 2.75) is 33.2 Å². The SMILES string of the molecule is Cc1c(Br)cccc1C(=O)N(CCCCl)C(C)C. The van der Waals surface area contributed by atoms with E-state index in [-0.39, 0.29) is 11.9 Å². The van der Waals surface area contributed by atoms with Crippen LogP contribution < -0.4 is 0 Å². The molecule has 0 atom stereocenters. The van der Waals surface area contributed by atoms with Crippen LogP contribution in [0.3, 0.4) is 0 Å². The lowest BCUT2D eigenvalue weighted by molar-refractivity contribution is 0.0705. The summed E-state index contributed by atoms with van der Waals surface area (Å²) in [4.78, 5) is 14.4. The van der Waals surface area contributed by atoms with Gasteiger partial charge < -0.3 is 4.90 Å². The summed E-state index contributed by atoms with van der Waals surface area (Å²) in [6.45, 7) is 6.71. The second-order valence-electron chi connectivity index (χ2n) is 4.55. The van der Waals surface area contributed by atoms with Crippen LogP contribution in [0.5, 0.6) is 0 Å². The quantitative estimate of drug-likeness (QED) is 0.739. The van der Waals surface area contributed by atoms with Crippen molar-refractivity contribution in [3.8, 4) is 0 Å². The highest BCUT2D eigenvalue weighted by Crippen LogP contribution is 2.21. The number of nitrogens with zero attached hydrogens (tertiary/aromatic N) is 1. The molecule has 0 aliphatic carbocycles. The van der Waals surface area contributed by atoms with E-state index < -0.39 is 0 Å². The number of hydrogen-bond donors (Lipinski definition) is 0. The average molecular weight is 333 g/mol. The largest absolute Gasteiger partial charge is 0.336 e. The topological polar surface area (TPSA) is 20.3 Å². The monoisotopic (exact) mass is 331 g/mol. The summed E-state index contributed by atoms with van der Waals surface area (Å²) in [6, 6.07) is 5.90. The summed E-state index contributed by atoms with van der Waals surface area (Å²) in [5, 5.41) is 0. The van der Waals surface area contributed by atoms with Gasteiger partial charge >= 0.3 is 0 Å². The smallest absolute Gasteiger partial charge is 0.254 e. The fourth-order valence-electron chi connectivity index (χ4n) is 1.82. The van der Waals surface area contributed by atoms with Gasteiger partial charge in [0, 0.05) is 28.5 Å². The normalized spacial score (nSPS) is 10.8. The molecule has 1 aromatic rings. The number of benzene rings is 1. The minimum absolute atomic E-state index is 0.0777. The number of halogens is 2. The number of alkyl halides is 1. The van der Waals surface area contributed by atoms with Crippen LogP contribution in [0.25, 0.3) is 0 Å². The van der Waals surface area contributed by atoms with Gasteiger partial charge in [-0.25, -0.2) is 0 Å². The first-order chi connectivity index (χ1) is 8.49. The molecule has 0 heterocycles. The van der Waals surface area contributed by atoms with Crippen molar-refractivity contribution in [3.63, 3.8) is 0 Å². The van der Waals surface area contributed by atoms with Gasteiger partial charge in [0.1, 0.15) is 0 Å². The van der Waals surface area contributed by atoms with Crippen molar-refractivity contribution in [2.75, 3.05) is 12.4 Å². The van der Waals surface area contributed by atoms with Gasteiger partial charge in [0.15, 0.2) is 0 Å². The fraction of sp³-hybridized carbons (Fsp3) is 0.500. The van der Waals surface area contributed by atoms with Crippen molar-refractivity contribution >= 4 is 33.4 Å². The minimum Gasteiger partial charge on any atom is -0.336 e. The van der Waals surface area contributed by atoms with E-state index in [0.29, 0.717) is 12.4 Å². The van der Waals surface area contributed by atoms with E-state index in [1.165, 1.54) is 0 Å². The molecule has 0 unspecified atom stereocenters. The predicted molar refractivity (Wildman–Crippen MR) is 80.4 cm³/mol. The Morgan fingerprint density at radius 1 is 1.44 bits per heavy atom. The number of amides is 1. The van der Waals surface area contributed by atoms with Gasteiger partial charge in [-0.2, -0.15) is 0 Å².